The molecule has 1 aliphatic rings. The number of hydrogen-bond acceptors (Lipinski definition) is 13. The second kappa shape index (κ2) is 11.2. The van der Waals surface area contributed by atoms with Gasteiger partial charge >= 0.3 is 23.7 Å². The number of ether oxygens (including phenoxy) is 2. The minimum Gasteiger partial charge on any atom is -0.480 e. The Morgan fingerprint density at radius 1 is 1.17 bits per heavy atom. The molecule has 1 saturated heterocycles. The van der Waals surface area contributed by atoms with Crippen molar-refractivity contribution < 1.29 is 59.3 Å². The van der Waals surface area contributed by atoms with Crippen LogP contribution in [0.1, 0.15) is 16.6 Å². The number of nitrogens with two attached hydrogens (primary N) is 2. The van der Waals surface area contributed by atoms with E-state index in [4.69, 9.17) is 21.3 Å². The highest BCUT2D eigenvalue weighted by Crippen LogP contribution is 2.30. The van der Waals surface area contributed by atoms with Crippen molar-refractivity contribution in [2.24, 2.45) is 11.5 Å². The Morgan fingerprint density at radius 3 is 2.31 bits per heavy atom. The average molecular weight is 521 g/mol. The standard InChI is InChI=1S/C17H23N5O14/c18-5(7(24)4(23)2-35-16(19)33)12(28)20-6(15(31)32)10-8(25)9(26)13(36-10)22-1-3(14(29)30)11(27)21-17(22)34/h1,4-10,13,23-26H,2,18H2,(H2,19,33)(H,20,28)(H,29,30)(H,31,32)(H,21,27,34)/t4-,5-,6-,7+,8+,9+,10+,13+/m0/s1. The first-order valence-corrected chi connectivity index (χ1v) is 9.84. The summed E-state index contributed by atoms with van der Waals surface area (Å²) in [6, 6.07) is -4.17. The number of amides is 2. The van der Waals surface area contributed by atoms with E-state index in [2.05, 4.69) is 4.74 Å². The number of aromatic amines is 1. The Kier molecular flexibility index (Phi) is 8.85. The molecular weight excluding hydrogens is 498 g/mol. The predicted octanol–water partition coefficient (Wildman–Crippen LogP) is -6.43. The molecule has 12 N–H and O–H groups in total. The summed E-state index contributed by atoms with van der Waals surface area (Å²) in [6.45, 7) is -0.857. The van der Waals surface area contributed by atoms with Gasteiger partial charge in [-0.2, -0.15) is 0 Å². The van der Waals surface area contributed by atoms with Crippen LogP contribution >= 0.6 is 0 Å². The van der Waals surface area contributed by atoms with Gasteiger partial charge in [-0.3, -0.25) is 19.1 Å². The second-order valence-electron chi connectivity index (χ2n) is 7.53. The number of carboxylic acids is 2. The van der Waals surface area contributed by atoms with E-state index in [1.165, 1.54) is 0 Å². The minimum absolute atomic E-state index is 0.393. The molecule has 0 spiro atoms. The summed E-state index contributed by atoms with van der Waals surface area (Å²) in [7, 11) is 0. The number of H-pyrrole nitrogens is 1. The van der Waals surface area contributed by atoms with Crippen molar-refractivity contribution in [3.05, 3.63) is 32.6 Å². The molecule has 1 fully saturated rings. The summed E-state index contributed by atoms with van der Waals surface area (Å²) >= 11 is 0. The van der Waals surface area contributed by atoms with E-state index < -0.39 is 96.2 Å². The number of carbonyl (C=O) groups is 4. The van der Waals surface area contributed by atoms with Gasteiger partial charge in [0, 0.05) is 6.20 Å². The topological polar surface area (TPSA) is 327 Å². The smallest absolute Gasteiger partial charge is 0.404 e. The van der Waals surface area contributed by atoms with Gasteiger partial charge in [-0.15, -0.1) is 0 Å². The Balaban J connectivity index is 2.25. The van der Waals surface area contributed by atoms with Gasteiger partial charge in [0.25, 0.3) is 5.56 Å². The molecule has 1 aromatic heterocycles. The number of carbonyl (C=O) groups excluding carboxylic acids is 2. The first-order chi connectivity index (χ1) is 16.7. The normalized spacial score (nSPS) is 24.8. The van der Waals surface area contributed by atoms with Crippen LogP contribution in [0.3, 0.4) is 0 Å². The average Bonchev–Trinajstić information content (AvgIpc) is 3.08. The molecule has 0 aliphatic carbocycles. The van der Waals surface area contributed by atoms with E-state index in [1.54, 1.807) is 4.98 Å². The Bertz CT molecular complexity index is 1130. The summed E-state index contributed by atoms with van der Waals surface area (Å²) in [5.74, 6) is -4.98. The molecule has 19 heteroatoms. The van der Waals surface area contributed by atoms with E-state index in [0.717, 1.165) is 0 Å². The fourth-order valence-electron chi connectivity index (χ4n) is 3.21. The maximum atomic E-state index is 12.4. The van der Waals surface area contributed by atoms with E-state index in [-0.39, 0.29) is 0 Å². The molecule has 19 nitrogen and oxygen atoms in total. The number of primary amides is 1. The zero-order valence-corrected chi connectivity index (χ0v) is 18.0. The summed E-state index contributed by atoms with van der Waals surface area (Å²) in [5.41, 5.74) is 6.72. The predicted molar refractivity (Wildman–Crippen MR) is 109 cm³/mol. The fraction of sp³-hybridized carbons (Fsp3) is 0.529. The number of aliphatic carboxylic acids is 1. The van der Waals surface area contributed by atoms with Gasteiger partial charge < -0.3 is 56.9 Å². The van der Waals surface area contributed by atoms with Crippen molar-refractivity contribution in [2.45, 2.75) is 48.8 Å². The van der Waals surface area contributed by atoms with E-state index in [9.17, 15) is 54.3 Å². The third-order valence-corrected chi connectivity index (χ3v) is 5.10. The van der Waals surface area contributed by atoms with Crippen molar-refractivity contribution in [1.29, 1.82) is 0 Å². The lowest BCUT2D eigenvalue weighted by molar-refractivity contribution is -0.150. The molecule has 1 aliphatic heterocycles. The van der Waals surface area contributed by atoms with Crippen molar-refractivity contribution in [2.75, 3.05) is 6.61 Å². The number of nitrogens with zero attached hydrogens (tertiary/aromatic N) is 1. The van der Waals surface area contributed by atoms with Crippen LogP contribution in [0, 0.1) is 0 Å². The Hall–Kier alpha value is -3.88. The third kappa shape index (κ3) is 6.02. The van der Waals surface area contributed by atoms with Crippen LogP contribution in [0.5, 0.6) is 0 Å². The molecule has 2 heterocycles. The highest BCUT2D eigenvalue weighted by molar-refractivity contribution is 5.88. The fourth-order valence-corrected chi connectivity index (χ4v) is 3.21. The Labute approximate surface area is 198 Å². The monoisotopic (exact) mass is 521 g/mol. The van der Waals surface area contributed by atoms with Crippen LogP contribution in [0.15, 0.2) is 15.8 Å². The number of aromatic carboxylic acids is 1. The summed E-state index contributed by atoms with van der Waals surface area (Å²) in [5, 5.41) is 60.7. The SMILES string of the molecule is NC(=O)OC[C@H](O)[C@@H](O)[C@H](N)C(=O)N[C@H](C(=O)O)[C@H]1O[C@@H](n2cc(C(=O)O)c(=O)[nH]c2=O)[C@H](O)[C@H]1O. The molecule has 0 saturated carbocycles. The van der Waals surface area contributed by atoms with E-state index in [0.29, 0.717) is 10.8 Å². The zero-order valence-electron chi connectivity index (χ0n) is 18.0. The van der Waals surface area contributed by atoms with Gasteiger partial charge in [0.15, 0.2) is 12.3 Å². The highest BCUT2D eigenvalue weighted by atomic mass is 16.6. The van der Waals surface area contributed by atoms with E-state index >= 15 is 0 Å². The van der Waals surface area contributed by atoms with Crippen LogP contribution < -0.4 is 28.0 Å². The second-order valence-corrected chi connectivity index (χ2v) is 7.53. The Morgan fingerprint density at radius 2 is 1.78 bits per heavy atom. The maximum absolute atomic E-state index is 12.4. The number of rotatable bonds is 10. The van der Waals surface area contributed by atoms with Gasteiger partial charge in [-0.1, -0.05) is 0 Å². The summed E-state index contributed by atoms with van der Waals surface area (Å²) in [6.07, 6.45) is -12.8. The van der Waals surface area contributed by atoms with Gasteiger partial charge in [-0.05, 0) is 0 Å². The lowest BCUT2D eigenvalue weighted by atomic mass is 10.0. The number of hydrogen-bond donors (Lipinski definition) is 10. The minimum atomic E-state index is -2.16. The molecule has 2 amide bonds. The number of aromatic nitrogens is 2. The number of nitrogens with one attached hydrogen (secondary N) is 2. The highest BCUT2D eigenvalue weighted by Gasteiger charge is 2.50. The summed E-state index contributed by atoms with van der Waals surface area (Å²) in [4.78, 5) is 71.3. The lowest BCUT2D eigenvalue weighted by Gasteiger charge is -2.27. The van der Waals surface area contributed by atoms with E-state index in [1.807, 2.05) is 5.32 Å². The van der Waals surface area contributed by atoms with Gasteiger partial charge in [0.2, 0.25) is 5.91 Å². The van der Waals surface area contributed by atoms with Crippen molar-refractivity contribution in [1.82, 2.24) is 14.9 Å². The van der Waals surface area contributed by atoms with Crippen molar-refractivity contribution in [3.8, 4) is 0 Å². The number of carboxylic acid groups (broad SMARTS) is 2. The van der Waals surface area contributed by atoms with Crippen LogP contribution in [-0.2, 0) is 19.1 Å². The number of aliphatic hydroxyl groups is 4. The number of aliphatic hydroxyl groups excluding tert-OH is 4. The molecular formula is C17H23N5O14. The molecule has 0 bridgehead atoms. The first-order valence-electron chi connectivity index (χ1n) is 9.84. The maximum Gasteiger partial charge on any atom is 0.404 e. The largest absolute Gasteiger partial charge is 0.480 e. The molecule has 0 unspecified atom stereocenters. The van der Waals surface area contributed by atoms with Gasteiger partial charge in [-0.25, -0.2) is 19.2 Å². The zero-order chi connectivity index (χ0) is 27.5. The molecule has 200 valence electrons. The molecule has 0 aromatic carbocycles. The first kappa shape index (κ1) is 28.4. The van der Waals surface area contributed by atoms with Crippen LogP contribution in [0.25, 0.3) is 0 Å². The molecule has 1 aromatic rings. The summed E-state index contributed by atoms with van der Waals surface area (Å²) < 4.78 is 9.88. The van der Waals surface area contributed by atoms with Crippen molar-refractivity contribution in [3.63, 3.8) is 0 Å². The molecule has 8 atom stereocenters. The lowest BCUT2D eigenvalue weighted by Crippen LogP contribution is -2.60. The quantitative estimate of drug-likeness (QED) is 0.137. The third-order valence-electron chi connectivity index (χ3n) is 5.10. The van der Waals surface area contributed by atoms with Gasteiger partial charge in [0.1, 0.15) is 48.7 Å². The van der Waals surface area contributed by atoms with Crippen molar-refractivity contribution >= 4 is 23.9 Å². The molecule has 36 heavy (non-hydrogen) atoms. The van der Waals surface area contributed by atoms with Gasteiger partial charge in [0.05, 0.1) is 0 Å². The van der Waals surface area contributed by atoms with Crippen LogP contribution in [-0.4, -0.2) is 113 Å². The molecule has 2 rings (SSSR count). The van der Waals surface area contributed by atoms with Crippen LogP contribution in [0.2, 0.25) is 0 Å². The van der Waals surface area contributed by atoms with Crippen LogP contribution in [0.4, 0.5) is 4.79 Å². The molecule has 0 radical (unpaired) electrons.